The second-order valence-corrected chi connectivity index (χ2v) is 6.77. The molecule has 0 aliphatic rings. The molecule has 0 radical (unpaired) electrons. The smallest absolute Gasteiger partial charge is 0.263 e. The molecule has 0 aliphatic heterocycles. The maximum atomic E-state index is 12.6. The molecule has 0 aliphatic carbocycles. The van der Waals surface area contributed by atoms with Gasteiger partial charge in [-0.2, -0.15) is 19.9 Å². The average molecular weight is 428 g/mol. The van der Waals surface area contributed by atoms with Gasteiger partial charge in [-0.1, -0.05) is 12.1 Å². The monoisotopic (exact) mass is 427 g/mol. The SMILES string of the molecule is Cc1cc(NC(=O)c2ccccc2Br)n(-c2nc3c(cnn3C)c(=O)[nH]2)n1. The predicted molar refractivity (Wildman–Crippen MR) is 103 cm³/mol. The number of nitrogens with zero attached hydrogens (tertiary/aromatic N) is 5. The molecule has 3 heterocycles. The van der Waals surface area contributed by atoms with Crippen LogP contribution in [0.5, 0.6) is 0 Å². The van der Waals surface area contributed by atoms with Gasteiger partial charge in [-0.05, 0) is 35.0 Å². The Labute approximate surface area is 161 Å². The van der Waals surface area contributed by atoms with E-state index in [9.17, 15) is 9.59 Å². The molecule has 3 aromatic heterocycles. The highest BCUT2D eigenvalue weighted by Crippen LogP contribution is 2.20. The van der Waals surface area contributed by atoms with E-state index in [1.807, 2.05) is 6.07 Å². The van der Waals surface area contributed by atoms with E-state index >= 15 is 0 Å². The largest absolute Gasteiger partial charge is 0.306 e. The van der Waals surface area contributed by atoms with Gasteiger partial charge in [0, 0.05) is 17.6 Å². The lowest BCUT2D eigenvalue weighted by molar-refractivity contribution is 0.102. The molecule has 0 atom stereocenters. The van der Waals surface area contributed by atoms with Gasteiger partial charge in [0.05, 0.1) is 17.5 Å². The minimum Gasteiger partial charge on any atom is -0.306 e. The summed E-state index contributed by atoms with van der Waals surface area (Å²) in [6, 6.07) is 8.79. The molecule has 10 heteroatoms. The number of carbonyl (C=O) groups is 1. The maximum Gasteiger partial charge on any atom is 0.263 e. The molecule has 4 rings (SSSR count). The van der Waals surface area contributed by atoms with Gasteiger partial charge >= 0.3 is 0 Å². The summed E-state index contributed by atoms with van der Waals surface area (Å²) in [6.07, 6.45) is 1.45. The third-order valence-electron chi connectivity index (χ3n) is 3.98. The van der Waals surface area contributed by atoms with Crippen LogP contribution in [-0.2, 0) is 7.05 Å². The summed E-state index contributed by atoms with van der Waals surface area (Å²) in [6.45, 7) is 1.78. The fraction of sp³-hybridized carbons (Fsp3) is 0.118. The summed E-state index contributed by atoms with van der Waals surface area (Å²) in [5, 5.41) is 11.6. The lowest BCUT2D eigenvalue weighted by Gasteiger charge is -2.09. The third-order valence-corrected chi connectivity index (χ3v) is 4.67. The van der Waals surface area contributed by atoms with Crippen molar-refractivity contribution in [1.29, 1.82) is 0 Å². The number of amides is 1. The summed E-state index contributed by atoms with van der Waals surface area (Å²) in [4.78, 5) is 32.0. The van der Waals surface area contributed by atoms with Crippen molar-refractivity contribution < 1.29 is 4.79 Å². The first-order chi connectivity index (χ1) is 12.9. The van der Waals surface area contributed by atoms with Gasteiger partial charge in [-0.25, -0.2) is 0 Å². The molecule has 136 valence electrons. The van der Waals surface area contributed by atoms with E-state index in [-0.39, 0.29) is 17.4 Å². The van der Waals surface area contributed by atoms with Crippen molar-refractivity contribution in [3.8, 4) is 5.95 Å². The number of aromatic nitrogens is 6. The van der Waals surface area contributed by atoms with E-state index in [1.54, 1.807) is 38.2 Å². The number of anilines is 1. The second kappa shape index (κ2) is 6.47. The third kappa shape index (κ3) is 3.04. The van der Waals surface area contributed by atoms with Gasteiger partial charge < -0.3 is 5.32 Å². The molecule has 27 heavy (non-hydrogen) atoms. The van der Waals surface area contributed by atoms with Crippen molar-refractivity contribution in [2.24, 2.45) is 7.05 Å². The van der Waals surface area contributed by atoms with Crippen LogP contribution in [0.25, 0.3) is 17.0 Å². The second-order valence-electron chi connectivity index (χ2n) is 5.91. The highest BCUT2D eigenvalue weighted by Gasteiger charge is 2.17. The topological polar surface area (TPSA) is 110 Å². The normalized spacial score (nSPS) is 11.1. The molecule has 0 unspecified atom stereocenters. The van der Waals surface area contributed by atoms with Crippen molar-refractivity contribution in [1.82, 2.24) is 29.5 Å². The number of benzene rings is 1. The van der Waals surface area contributed by atoms with Crippen LogP contribution in [0.1, 0.15) is 16.1 Å². The summed E-state index contributed by atoms with van der Waals surface area (Å²) < 4.78 is 3.56. The van der Waals surface area contributed by atoms with Crippen LogP contribution in [0.15, 0.2) is 45.8 Å². The maximum absolute atomic E-state index is 12.6. The van der Waals surface area contributed by atoms with Crippen molar-refractivity contribution in [2.45, 2.75) is 6.92 Å². The van der Waals surface area contributed by atoms with Gasteiger partial charge in [0.1, 0.15) is 11.2 Å². The fourth-order valence-electron chi connectivity index (χ4n) is 2.70. The molecule has 9 nitrogen and oxygen atoms in total. The first kappa shape index (κ1) is 17.2. The zero-order valence-electron chi connectivity index (χ0n) is 14.4. The quantitative estimate of drug-likeness (QED) is 0.520. The minimum absolute atomic E-state index is 0.187. The number of fused-ring (bicyclic) bond motifs is 1. The Morgan fingerprint density at radius 3 is 2.85 bits per heavy atom. The van der Waals surface area contributed by atoms with Crippen LogP contribution in [0.4, 0.5) is 5.82 Å². The molecule has 1 aromatic carbocycles. The number of rotatable bonds is 3. The van der Waals surface area contributed by atoms with Crippen LogP contribution in [-0.4, -0.2) is 35.4 Å². The zero-order chi connectivity index (χ0) is 19.1. The van der Waals surface area contributed by atoms with E-state index < -0.39 is 0 Å². The Kier molecular flexibility index (Phi) is 4.11. The Balaban J connectivity index is 1.78. The summed E-state index contributed by atoms with van der Waals surface area (Å²) in [5.74, 6) is 0.261. The van der Waals surface area contributed by atoms with E-state index in [4.69, 9.17) is 0 Å². The standard InChI is InChI=1S/C17H14BrN7O2/c1-9-7-13(20-15(26)10-5-3-4-6-12(10)18)25(23-9)17-21-14-11(16(27)22-17)8-19-24(14)2/h3-8H,1-2H3,(H,20,26)(H,21,22,27). The molecular weight excluding hydrogens is 414 g/mol. The highest BCUT2D eigenvalue weighted by atomic mass is 79.9. The molecule has 1 amide bonds. The molecule has 0 saturated carbocycles. The Morgan fingerprint density at radius 2 is 2.07 bits per heavy atom. The first-order valence-corrected chi connectivity index (χ1v) is 8.78. The van der Waals surface area contributed by atoms with Gasteiger partial charge in [0.2, 0.25) is 5.95 Å². The van der Waals surface area contributed by atoms with Gasteiger partial charge in [0.25, 0.3) is 11.5 Å². The number of aromatic amines is 1. The first-order valence-electron chi connectivity index (χ1n) is 7.99. The number of hydrogen-bond donors (Lipinski definition) is 2. The van der Waals surface area contributed by atoms with Gasteiger partial charge in [-0.15, -0.1) is 0 Å². The van der Waals surface area contributed by atoms with Gasteiger partial charge in [0.15, 0.2) is 5.65 Å². The van der Waals surface area contributed by atoms with Crippen LogP contribution in [0.2, 0.25) is 0 Å². The van der Waals surface area contributed by atoms with Crippen molar-refractivity contribution >= 4 is 38.7 Å². The molecule has 2 N–H and O–H groups in total. The van der Waals surface area contributed by atoms with E-state index in [2.05, 4.69) is 41.4 Å². The van der Waals surface area contributed by atoms with Crippen LogP contribution >= 0.6 is 15.9 Å². The Morgan fingerprint density at radius 1 is 1.30 bits per heavy atom. The Hall–Kier alpha value is -3.27. The highest BCUT2D eigenvalue weighted by molar-refractivity contribution is 9.10. The van der Waals surface area contributed by atoms with E-state index in [0.29, 0.717) is 32.6 Å². The van der Waals surface area contributed by atoms with Crippen LogP contribution in [0, 0.1) is 6.92 Å². The number of H-pyrrole nitrogens is 1. The molecule has 0 saturated heterocycles. The number of carbonyl (C=O) groups excluding carboxylic acids is 1. The molecule has 0 fully saturated rings. The molecule has 0 spiro atoms. The van der Waals surface area contributed by atoms with Crippen LogP contribution in [0.3, 0.4) is 0 Å². The van der Waals surface area contributed by atoms with Crippen molar-refractivity contribution in [2.75, 3.05) is 5.32 Å². The Bertz CT molecular complexity index is 1240. The lowest BCUT2D eigenvalue weighted by Crippen LogP contribution is -2.19. The minimum atomic E-state index is -0.334. The predicted octanol–water partition coefficient (Wildman–Crippen LogP) is 2.17. The lowest BCUT2D eigenvalue weighted by atomic mass is 10.2. The fourth-order valence-corrected chi connectivity index (χ4v) is 3.17. The average Bonchev–Trinajstić information content (AvgIpc) is 3.18. The number of nitrogens with one attached hydrogen (secondary N) is 2. The van der Waals surface area contributed by atoms with Crippen LogP contribution < -0.4 is 10.9 Å². The number of halogens is 1. The summed E-state index contributed by atoms with van der Waals surface area (Å²) >= 11 is 3.37. The van der Waals surface area contributed by atoms with E-state index in [1.165, 1.54) is 15.6 Å². The van der Waals surface area contributed by atoms with Crippen molar-refractivity contribution in [3.63, 3.8) is 0 Å². The zero-order valence-corrected chi connectivity index (χ0v) is 16.0. The van der Waals surface area contributed by atoms with Gasteiger partial charge in [-0.3, -0.25) is 19.3 Å². The molecule has 0 bridgehead atoms. The van der Waals surface area contributed by atoms with Crippen molar-refractivity contribution in [3.05, 3.63) is 62.6 Å². The number of aryl methyl sites for hydroxylation is 2. The molecular formula is C17H14BrN7O2. The summed E-state index contributed by atoms with van der Waals surface area (Å²) in [5.41, 5.74) is 1.22. The number of hydrogen-bond acceptors (Lipinski definition) is 5. The molecule has 4 aromatic rings. The summed E-state index contributed by atoms with van der Waals surface area (Å²) in [7, 11) is 1.70. The van der Waals surface area contributed by atoms with E-state index in [0.717, 1.165) is 0 Å².